The van der Waals surface area contributed by atoms with E-state index in [1.807, 2.05) is 0 Å². The highest BCUT2D eigenvalue weighted by Gasteiger charge is 2.05. The van der Waals surface area contributed by atoms with Crippen LogP contribution in [0, 0.1) is 17.5 Å². The molecule has 0 unspecified atom stereocenters. The average molecular weight is 269 g/mol. The third-order valence-electron chi connectivity index (χ3n) is 2.39. The van der Waals surface area contributed by atoms with E-state index in [-0.39, 0.29) is 0 Å². The molecule has 0 spiro atoms. The standard InChI is InChI=1S/C13H10F3NS/c14-9-2-1-8(13(17)5-9)7-18-10-3-4-11(15)12(16)6-10/h1-6H,7,17H2. The van der Waals surface area contributed by atoms with Gasteiger partial charge in [-0.05, 0) is 35.9 Å². The minimum absolute atomic E-state index is 0.352. The predicted molar refractivity (Wildman–Crippen MR) is 66.7 cm³/mol. The number of nitrogen functional groups attached to an aromatic ring is 1. The molecule has 0 saturated heterocycles. The molecular weight excluding hydrogens is 259 g/mol. The van der Waals surface area contributed by atoms with Crippen LogP contribution in [0.15, 0.2) is 41.3 Å². The second-order valence-corrected chi connectivity index (χ2v) is 4.76. The van der Waals surface area contributed by atoms with Crippen LogP contribution in [0.2, 0.25) is 0 Å². The van der Waals surface area contributed by atoms with Crippen LogP contribution in [0.25, 0.3) is 0 Å². The zero-order valence-electron chi connectivity index (χ0n) is 9.29. The molecule has 2 N–H and O–H groups in total. The molecule has 0 amide bonds. The van der Waals surface area contributed by atoms with Crippen LogP contribution in [0.1, 0.15) is 5.56 Å². The Bertz CT molecular complexity index is 572. The van der Waals surface area contributed by atoms with Gasteiger partial charge in [0.05, 0.1) is 0 Å². The van der Waals surface area contributed by atoms with Gasteiger partial charge in [-0.1, -0.05) is 6.07 Å². The summed E-state index contributed by atoms with van der Waals surface area (Å²) >= 11 is 1.31. The summed E-state index contributed by atoms with van der Waals surface area (Å²) < 4.78 is 38.5. The van der Waals surface area contributed by atoms with Crippen molar-refractivity contribution in [1.82, 2.24) is 0 Å². The van der Waals surface area contributed by atoms with Crippen molar-refractivity contribution in [1.29, 1.82) is 0 Å². The highest BCUT2D eigenvalue weighted by atomic mass is 32.2. The first-order chi connectivity index (χ1) is 8.56. The van der Waals surface area contributed by atoms with Gasteiger partial charge in [0.15, 0.2) is 11.6 Å². The Morgan fingerprint density at radius 2 is 1.72 bits per heavy atom. The normalized spacial score (nSPS) is 10.6. The Kier molecular flexibility index (Phi) is 3.81. The lowest BCUT2D eigenvalue weighted by molar-refractivity contribution is 0.506. The van der Waals surface area contributed by atoms with Gasteiger partial charge < -0.3 is 5.73 Å². The molecule has 1 nitrogen and oxygen atoms in total. The number of hydrogen-bond donors (Lipinski definition) is 1. The monoisotopic (exact) mass is 269 g/mol. The molecule has 0 bridgehead atoms. The van der Waals surface area contributed by atoms with E-state index in [9.17, 15) is 13.2 Å². The molecule has 0 atom stereocenters. The summed E-state index contributed by atoms with van der Waals surface area (Å²) in [6.45, 7) is 0. The fourth-order valence-electron chi connectivity index (χ4n) is 1.42. The molecule has 5 heteroatoms. The highest BCUT2D eigenvalue weighted by molar-refractivity contribution is 7.98. The van der Waals surface area contributed by atoms with E-state index in [1.54, 1.807) is 6.07 Å². The highest BCUT2D eigenvalue weighted by Crippen LogP contribution is 2.26. The Hall–Kier alpha value is -1.62. The molecule has 0 aliphatic rings. The fraction of sp³-hybridized carbons (Fsp3) is 0.0769. The van der Waals surface area contributed by atoms with Crippen LogP contribution in [0.3, 0.4) is 0 Å². The zero-order valence-corrected chi connectivity index (χ0v) is 10.1. The number of anilines is 1. The van der Waals surface area contributed by atoms with Gasteiger partial charge in [0, 0.05) is 16.3 Å². The van der Waals surface area contributed by atoms with Gasteiger partial charge in [-0.2, -0.15) is 0 Å². The van der Waals surface area contributed by atoms with E-state index in [0.29, 0.717) is 16.3 Å². The van der Waals surface area contributed by atoms with Gasteiger partial charge in [-0.15, -0.1) is 11.8 Å². The van der Waals surface area contributed by atoms with E-state index < -0.39 is 17.5 Å². The molecule has 0 aromatic heterocycles. The van der Waals surface area contributed by atoms with E-state index >= 15 is 0 Å². The van der Waals surface area contributed by atoms with Crippen LogP contribution >= 0.6 is 11.8 Å². The average Bonchev–Trinajstić information content (AvgIpc) is 2.32. The molecule has 2 aromatic rings. The summed E-state index contributed by atoms with van der Waals surface area (Å²) in [4.78, 5) is 0.595. The second kappa shape index (κ2) is 5.35. The van der Waals surface area contributed by atoms with Crippen LogP contribution in [0.5, 0.6) is 0 Å². The van der Waals surface area contributed by atoms with E-state index in [1.165, 1.54) is 30.0 Å². The Balaban J connectivity index is 2.09. The first-order valence-corrected chi connectivity index (χ1v) is 6.16. The lowest BCUT2D eigenvalue weighted by Gasteiger charge is -2.06. The molecule has 0 aliphatic heterocycles. The lowest BCUT2D eigenvalue weighted by atomic mass is 10.2. The summed E-state index contributed by atoms with van der Waals surface area (Å²) in [6.07, 6.45) is 0. The minimum Gasteiger partial charge on any atom is -0.398 e. The van der Waals surface area contributed by atoms with Gasteiger partial charge >= 0.3 is 0 Å². The third kappa shape index (κ3) is 2.98. The topological polar surface area (TPSA) is 26.0 Å². The largest absolute Gasteiger partial charge is 0.398 e. The molecule has 2 aromatic carbocycles. The molecular formula is C13H10F3NS. The lowest BCUT2D eigenvalue weighted by Crippen LogP contribution is -1.93. The van der Waals surface area contributed by atoms with Crippen molar-refractivity contribution >= 4 is 17.4 Å². The molecule has 94 valence electrons. The number of nitrogens with two attached hydrogens (primary N) is 1. The van der Waals surface area contributed by atoms with E-state index in [0.717, 1.165) is 17.7 Å². The molecule has 18 heavy (non-hydrogen) atoms. The number of rotatable bonds is 3. The van der Waals surface area contributed by atoms with E-state index in [4.69, 9.17) is 5.73 Å². The number of hydrogen-bond acceptors (Lipinski definition) is 2. The summed E-state index contributed by atoms with van der Waals surface area (Å²) in [5.41, 5.74) is 6.76. The second-order valence-electron chi connectivity index (χ2n) is 3.71. The van der Waals surface area contributed by atoms with Crippen molar-refractivity contribution in [2.45, 2.75) is 10.6 Å². The number of thioether (sulfide) groups is 1. The van der Waals surface area contributed by atoms with Crippen molar-refractivity contribution in [3.63, 3.8) is 0 Å². The van der Waals surface area contributed by atoms with Crippen LogP contribution in [-0.4, -0.2) is 0 Å². The van der Waals surface area contributed by atoms with Crippen molar-refractivity contribution in [2.75, 3.05) is 5.73 Å². The summed E-state index contributed by atoms with van der Waals surface area (Å²) in [5, 5.41) is 0. The first-order valence-electron chi connectivity index (χ1n) is 5.18. The SMILES string of the molecule is Nc1cc(F)ccc1CSc1ccc(F)c(F)c1. The summed E-state index contributed by atoms with van der Waals surface area (Å²) in [5.74, 6) is -1.68. The first kappa shape index (κ1) is 12.8. The number of halogens is 3. The fourth-order valence-corrected chi connectivity index (χ4v) is 2.36. The van der Waals surface area contributed by atoms with Crippen LogP contribution in [-0.2, 0) is 5.75 Å². The quantitative estimate of drug-likeness (QED) is 0.673. The maximum atomic E-state index is 13.0. The Labute approximate surface area is 107 Å². The third-order valence-corrected chi connectivity index (χ3v) is 3.44. The van der Waals surface area contributed by atoms with Gasteiger partial charge in [-0.3, -0.25) is 0 Å². The van der Waals surface area contributed by atoms with Gasteiger partial charge in [0.25, 0.3) is 0 Å². The van der Waals surface area contributed by atoms with Crippen molar-refractivity contribution in [3.8, 4) is 0 Å². The van der Waals surface area contributed by atoms with Crippen LogP contribution < -0.4 is 5.73 Å². The van der Waals surface area contributed by atoms with Gasteiger partial charge in [0.1, 0.15) is 5.82 Å². The molecule has 0 saturated carbocycles. The molecule has 0 fully saturated rings. The predicted octanol–water partition coefficient (Wildman–Crippen LogP) is 3.98. The maximum Gasteiger partial charge on any atom is 0.159 e. The Morgan fingerprint density at radius 3 is 2.39 bits per heavy atom. The maximum absolute atomic E-state index is 13.0. The van der Waals surface area contributed by atoms with Gasteiger partial charge in [-0.25, -0.2) is 13.2 Å². The zero-order chi connectivity index (χ0) is 13.1. The Morgan fingerprint density at radius 1 is 0.944 bits per heavy atom. The summed E-state index contributed by atoms with van der Waals surface area (Å²) in [6, 6.07) is 7.82. The molecule has 0 heterocycles. The molecule has 0 radical (unpaired) electrons. The van der Waals surface area contributed by atoms with Crippen molar-refractivity contribution < 1.29 is 13.2 Å². The molecule has 0 aliphatic carbocycles. The van der Waals surface area contributed by atoms with Crippen LogP contribution in [0.4, 0.5) is 18.9 Å². The molecule has 2 rings (SSSR count). The number of benzene rings is 2. The van der Waals surface area contributed by atoms with Crippen molar-refractivity contribution in [2.24, 2.45) is 0 Å². The smallest absolute Gasteiger partial charge is 0.159 e. The minimum atomic E-state index is -0.882. The van der Waals surface area contributed by atoms with Gasteiger partial charge in [0.2, 0.25) is 0 Å². The van der Waals surface area contributed by atoms with E-state index in [2.05, 4.69) is 0 Å². The summed E-state index contributed by atoms with van der Waals surface area (Å²) in [7, 11) is 0. The van der Waals surface area contributed by atoms with Crippen molar-refractivity contribution in [3.05, 3.63) is 59.4 Å².